The van der Waals surface area contributed by atoms with E-state index in [4.69, 9.17) is 4.74 Å². The first-order chi connectivity index (χ1) is 11.3. The Morgan fingerprint density at radius 2 is 2.17 bits per heavy atom. The number of nitrogens with zero attached hydrogens (tertiary/aromatic N) is 2. The maximum atomic E-state index is 11.5. The largest absolute Gasteiger partial charge is 0.349 e. The van der Waals surface area contributed by atoms with E-state index in [1.807, 2.05) is 12.1 Å². The molecule has 1 unspecified atom stereocenters. The Balaban J connectivity index is 1.59. The molecule has 0 radical (unpaired) electrons. The SMILES string of the molecule is O=CC1OC[C@H](CC2CCCCC2)N1c1ccc2[nH]cnc2c1. The minimum absolute atomic E-state index is 0.282. The fraction of sp³-hybridized carbons (Fsp3) is 0.556. The Hall–Kier alpha value is -1.88. The summed E-state index contributed by atoms with van der Waals surface area (Å²) in [4.78, 5) is 21.0. The molecule has 1 saturated heterocycles. The van der Waals surface area contributed by atoms with Gasteiger partial charge in [0, 0.05) is 5.69 Å². The van der Waals surface area contributed by atoms with Crippen molar-refractivity contribution in [2.45, 2.75) is 50.8 Å². The van der Waals surface area contributed by atoms with E-state index in [9.17, 15) is 4.79 Å². The number of anilines is 1. The third kappa shape index (κ3) is 2.85. The van der Waals surface area contributed by atoms with Crippen molar-refractivity contribution in [1.82, 2.24) is 9.97 Å². The number of aldehydes is 1. The van der Waals surface area contributed by atoms with Gasteiger partial charge in [-0.15, -0.1) is 0 Å². The van der Waals surface area contributed by atoms with E-state index >= 15 is 0 Å². The van der Waals surface area contributed by atoms with Crippen LogP contribution in [0.15, 0.2) is 24.5 Å². The van der Waals surface area contributed by atoms with E-state index in [2.05, 4.69) is 20.9 Å². The molecular weight excluding hydrogens is 290 g/mol. The zero-order valence-electron chi connectivity index (χ0n) is 13.3. The molecule has 0 bridgehead atoms. The summed E-state index contributed by atoms with van der Waals surface area (Å²) < 4.78 is 5.75. The molecule has 23 heavy (non-hydrogen) atoms. The van der Waals surface area contributed by atoms with Crippen molar-refractivity contribution in [1.29, 1.82) is 0 Å². The minimum Gasteiger partial charge on any atom is -0.349 e. The molecule has 2 aliphatic rings. The van der Waals surface area contributed by atoms with Gasteiger partial charge >= 0.3 is 0 Å². The highest BCUT2D eigenvalue weighted by Crippen LogP contribution is 2.34. The van der Waals surface area contributed by atoms with Gasteiger partial charge in [-0.25, -0.2) is 4.98 Å². The zero-order chi connectivity index (χ0) is 15.6. The number of hydrogen-bond acceptors (Lipinski definition) is 4. The van der Waals surface area contributed by atoms with Gasteiger partial charge in [0.05, 0.1) is 30.0 Å². The molecule has 2 aromatic rings. The van der Waals surface area contributed by atoms with E-state index in [0.717, 1.165) is 35.3 Å². The summed E-state index contributed by atoms with van der Waals surface area (Å²) in [5, 5.41) is 0. The molecule has 5 heteroatoms. The number of carbonyl (C=O) groups excluding carboxylic acids is 1. The standard InChI is InChI=1S/C18H23N3O2/c22-10-18-21(14-6-7-16-17(9-14)20-12-19-16)15(11-23-18)8-13-4-2-1-3-5-13/h6-7,9-10,12-13,15,18H,1-5,8,11H2,(H,19,20)/t15-,18?/m0/s1. The van der Waals surface area contributed by atoms with Crippen LogP contribution in [0.25, 0.3) is 11.0 Å². The summed E-state index contributed by atoms with van der Waals surface area (Å²) in [6, 6.07) is 6.41. The molecule has 0 spiro atoms. The van der Waals surface area contributed by atoms with Gasteiger partial charge in [0.1, 0.15) is 0 Å². The maximum absolute atomic E-state index is 11.5. The summed E-state index contributed by atoms with van der Waals surface area (Å²) >= 11 is 0. The van der Waals surface area contributed by atoms with Crippen molar-refractivity contribution in [3.8, 4) is 0 Å². The lowest BCUT2D eigenvalue weighted by Gasteiger charge is -2.31. The molecule has 1 aromatic carbocycles. The van der Waals surface area contributed by atoms with Crippen molar-refractivity contribution in [2.75, 3.05) is 11.5 Å². The van der Waals surface area contributed by atoms with E-state index in [-0.39, 0.29) is 6.04 Å². The van der Waals surface area contributed by atoms with E-state index in [1.54, 1.807) is 6.33 Å². The first kappa shape index (κ1) is 14.7. The number of hydrogen-bond donors (Lipinski definition) is 1. The van der Waals surface area contributed by atoms with Crippen LogP contribution in [0, 0.1) is 5.92 Å². The number of rotatable bonds is 4. The zero-order valence-corrected chi connectivity index (χ0v) is 13.3. The second-order valence-corrected chi connectivity index (χ2v) is 6.76. The molecule has 2 heterocycles. The quantitative estimate of drug-likeness (QED) is 0.880. The molecule has 1 saturated carbocycles. The summed E-state index contributed by atoms with van der Waals surface area (Å²) in [7, 11) is 0. The first-order valence-electron chi connectivity index (χ1n) is 8.63. The molecule has 2 fully saturated rings. The van der Waals surface area contributed by atoms with Crippen LogP contribution in [0.5, 0.6) is 0 Å². The first-order valence-corrected chi connectivity index (χ1v) is 8.63. The van der Waals surface area contributed by atoms with Gasteiger partial charge in [0.25, 0.3) is 0 Å². The topological polar surface area (TPSA) is 58.2 Å². The molecular formula is C18H23N3O2. The molecule has 122 valence electrons. The molecule has 2 atom stereocenters. The fourth-order valence-electron chi connectivity index (χ4n) is 4.11. The van der Waals surface area contributed by atoms with Crippen LogP contribution in [0.4, 0.5) is 5.69 Å². The average Bonchev–Trinajstić information content (AvgIpc) is 3.21. The molecule has 1 aliphatic carbocycles. The van der Waals surface area contributed by atoms with Gasteiger partial charge in [-0.05, 0) is 30.5 Å². The van der Waals surface area contributed by atoms with Crippen molar-refractivity contribution in [3.05, 3.63) is 24.5 Å². The van der Waals surface area contributed by atoms with Crippen LogP contribution in [-0.2, 0) is 9.53 Å². The monoisotopic (exact) mass is 313 g/mol. The van der Waals surface area contributed by atoms with Crippen LogP contribution < -0.4 is 4.90 Å². The van der Waals surface area contributed by atoms with Gasteiger partial charge in [0.15, 0.2) is 12.5 Å². The van der Waals surface area contributed by atoms with Crippen LogP contribution in [0.3, 0.4) is 0 Å². The number of H-pyrrole nitrogens is 1. The summed E-state index contributed by atoms with van der Waals surface area (Å²) in [6.07, 6.45) is 9.94. The molecule has 1 aliphatic heterocycles. The lowest BCUT2D eigenvalue weighted by atomic mass is 9.84. The highest BCUT2D eigenvalue weighted by Gasteiger charge is 2.36. The lowest BCUT2D eigenvalue weighted by Crippen LogP contribution is -2.39. The van der Waals surface area contributed by atoms with Crippen molar-refractivity contribution >= 4 is 23.0 Å². The van der Waals surface area contributed by atoms with Gasteiger partial charge in [-0.1, -0.05) is 32.1 Å². The van der Waals surface area contributed by atoms with Crippen LogP contribution in [0.2, 0.25) is 0 Å². The Labute approximate surface area is 136 Å². The Morgan fingerprint density at radius 1 is 1.30 bits per heavy atom. The Bertz CT molecular complexity index is 678. The molecule has 1 N–H and O–H groups in total. The van der Waals surface area contributed by atoms with Crippen LogP contribution in [0.1, 0.15) is 38.5 Å². The molecule has 1 aromatic heterocycles. The number of aromatic nitrogens is 2. The van der Waals surface area contributed by atoms with Crippen molar-refractivity contribution in [2.24, 2.45) is 5.92 Å². The Morgan fingerprint density at radius 3 is 3.00 bits per heavy atom. The lowest BCUT2D eigenvalue weighted by molar-refractivity contribution is -0.115. The molecule has 4 rings (SSSR count). The highest BCUT2D eigenvalue weighted by atomic mass is 16.5. The number of ether oxygens (including phenoxy) is 1. The predicted molar refractivity (Wildman–Crippen MR) is 89.4 cm³/mol. The summed E-state index contributed by atoms with van der Waals surface area (Å²) in [6.45, 7) is 0.637. The number of fused-ring (bicyclic) bond motifs is 1. The van der Waals surface area contributed by atoms with E-state index < -0.39 is 6.23 Å². The predicted octanol–water partition coefficient (Wildman–Crippen LogP) is 3.26. The number of imidazole rings is 1. The smallest absolute Gasteiger partial charge is 0.187 e. The average molecular weight is 313 g/mol. The number of benzene rings is 1. The van der Waals surface area contributed by atoms with Crippen LogP contribution in [-0.4, -0.2) is 35.1 Å². The van der Waals surface area contributed by atoms with Crippen LogP contribution >= 0.6 is 0 Å². The second kappa shape index (κ2) is 6.32. The van der Waals surface area contributed by atoms with Gasteiger partial charge in [-0.2, -0.15) is 0 Å². The highest BCUT2D eigenvalue weighted by molar-refractivity contribution is 5.80. The Kier molecular flexibility index (Phi) is 4.04. The van der Waals surface area contributed by atoms with Gasteiger partial charge < -0.3 is 14.6 Å². The summed E-state index contributed by atoms with van der Waals surface area (Å²) in [5.41, 5.74) is 2.97. The van der Waals surface area contributed by atoms with Gasteiger partial charge in [0.2, 0.25) is 0 Å². The fourth-order valence-corrected chi connectivity index (χ4v) is 4.11. The van der Waals surface area contributed by atoms with E-state index in [1.165, 1.54) is 32.1 Å². The molecule has 0 amide bonds. The van der Waals surface area contributed by atoms with Gasteiger partial charge in [-0.3, -0.25) is 4.79 Å². The summed E-state index contributed by atoms with van der Waals surface area (Å²) in [5.74, 6) is 0.763. The maximum Gasteiger partial charge on any atom is 0.187 e. The minimum atomic E-state index is -0.472. The number of aromatic amines is 1. The normalized spacial score (nSPS) is 26.0. The van der Waals surface area contributed by atoms with Crippen molar-refractivity contribution in [3.63, 3.8) is 0 Å². The second-order valence-electron chi connectivity index (χ2n) is 6.76. The van der Waals surface area contributed by atoms with Crippen molar-refractivity contribution < 1.29 is 9.53 Å². The van der Waals surface area contributed by atoms with E-state index in [0.29, 0.717) is 6.61 Å². The third-order valence-corrected chi connectivity index (χ3v) is 5.28. The number of carbonyl (C=O) groups is 1. The molecule has 5 nitrogen and oxygen atoms in total. The third-order valence-electron chi connectivity index (χ3n) is 5.28. The number of nitrogens with one attached hydrogen (secondary N) is 1.